The molecule has 0 radical (unpaired) electrons. The summed E-state index contributed by atoms with van der Waals surface area (Å²) < 4.78 is 21.4. The first-order valence-electron chi connectivity index (χ1n) is 9.75. The molecule has 0 aliphatic heterocycles. The van der Waals surface area contributed by atoms with Crippen LogP contribution < -0.4 is 5.32 Å². The van der Waals surface area contributed by atoms with Gasteiger partial charge in [0.2, 0.25) is 0 Å². The number of rotatable bonds is 10. The summed E-state index contributed by atoms with van der Waals surface area (Å²) in [4.78, 5) is 4.05. The molecule has 1 aliphatic rings. The molecule has 1 heterocycles. The minimum Gasteiger partial charge on any atom is -0.409 e. The number of aromatic nitrogens is 1. The second-order valence-electron chi connectivity index (χ2n) is 7.36. The molecule has 7 heteroatoms. The minimum absolute atomic E-state index is 0.283. The van der Waals surface area contributed by atoms with Crippen LogP contribution in [0.25, 0.3) is 0 Å². The summed E-state index contributed by atoms with van der Waals surface area (Å²) in [6, 6.07) is 3.09. The standard InChI is InChI=1S/C19H31Cl2FN2OSi/c1-4-26(5-2,6-3)25-17(18-15(20)11-23-12-16(18)21)13-24-14-19(22)9-7-8-10-19/h11-12,17,24H,4-10,13-14H2,1-3H3. The summed E-state index contributed by atoms with van der Waals surface area (Å²) in [6.07, 6.45) is 6.13. The number of pyridine rings is 1. The van der Waals surface area contributed by atoms with Gasteiger partial charge in [0.25, 0.3) is 0 Å². The highest BCUT2D eigenvalue weighted by atomic mass is 35.5. The van der Waals surface area contributed by atoms with Gasteiger partial charge < -0.3 is 9.74 Å². The van der Waals surface area contributed by atoms with Gasteiger partial charge in [-0.3, -0.25) is 4.98 Å². The summed E-state index contributed by atoms with van der Waals surface area (Å²) in [6.45, 7) is 7.42. The Morgan fingerprint density at radius 1 is 1.15 bits per heavy atom. The zero-order chi connectivity index (χ0) is 19.2. The molecule has 1 fully saturated rings. The fourth-order valence-corrected chi connectivity index (χ4v) is 7.26. The fraction of sp³-hybridized carbons (Fsp3) is 0.737. The van der Waals surface area contributed by atoms with E-state index in [4.69, 9.17) is 27.6 Å². The molecule has 26 heavy (non-hydrogen) atoms. The molecule has 148 valence electrons. The Morgan fingerprint density at radius 2 is 1.69 bits per heavy atom. The average Bonchev–Trinajstić information content (AvgIpc) is 3.06. The molecule has 1 aliphatic carbocycles. The first-order chi connectivity index (χ1) is 12.4. The quantitative estimate of drug-likeness (QED) is 0.449. The van der Waals surface area contributed by atoms with E-state index >= 15 is 0 Å². The van der Waals surface area contributed by atoms with Crippen LogP contribution in [0, 0.1) is 0 Å². The molecule has 1 aromatic rings. The number of hydrogen-bond donors (Lipinski definition) is 1. The van der Waals surface area contributed by atoms with Crippen molar-refractivity contribution in [2.75, 3.05) is 13.1 Å². The number of alkyl halides is 1. The lowest BCUT2D eigenvalue weighted by Crippen LogP contribution is -2.42. The SMILES string of the molecule is CC[Si](CC)(CC)OC(CNCC1(F)CCCC1)c1c(Cl)cncc1Cl. The first-order valence-corrected chi connectivity index (χ1v) is 13.0. The summed E-state index contributed by atoms with van der Waals surface area (Å²) >= 11 is 12.8. The molecule has 1 atom stereocenters. The van der Waals surface area contributed by atoms with Crippen LogP contribution in [0.2, 0.25) is 28.2 Å². The van der Waals surface area contributed by atoms with E-state index in [1.54, 1.807) is 12.4 Å². The van der Waals surface area contributed by atoms with Gasteiger partial charge in [0.15, 0.2) is 8.32 Å². The summed E-state index contributed by atoms with van der Waals surface area (Å²) in [5, 5.41) is 4.31. The van der Waals surface area contributed by atoms with E-state index in [9.17, 15) is 4.39 Å². The zero-order valence-electron chi connectivity index (χ0n) is 16.1. The topological polar surface area (TPSA) is 34.1 Å². The molecule has 1 unspecified atom stereocenters. The molecule has 2 rings (SSSR count). The second-order valence-corrected chi connectivity index (χ2v) is 12.9. The van der Waals surface area contributed by atoms with Gasteiger partial charge in [0.05, 0.1) is 16.1 Å². The maximum atomic E-state index is 14.7. The van der Waals surface area contributed by atoms with Crippen molar-refractivity contribution in [1.82, 2.24) is 10.3 Å². The predicted molar refractivity (Wildman–Crippen MR) is 110 cm³/mol. The number of nitrogens with one attached hydrogen (secondary N) is 1. The Hall–Kier alpha value is -0.203. The van der Waals surface area contributed by atoms with Crippen LogP contribution in [0.15, 0.2) is 12.4 Å². The molecular weight excluding hydrogens is 390 g/mol. The van der Waals surface area contributed by atoms with Gasteiger partial charge in [-0.05, 0) is 31.0 Å². The summed E-state index contributed by atoms with van der Waals surface area (Å²) in [5.41, 5.74) is -0.326. The van der Waals surface area contributed by atoms with Crippen LogP contribution in [-0.4, -0.2) is 32.1 Å². The van der Waals surface area contributed by atoms with Crippen molar-refractivity contribution in [3.63, 3.8) is 0 Å². The summed E-state index contributed by atoms with van der Waals surface area (Å²) in [5.74, 6) is 0. The predicted octanol–water partition coefficient (Wildman–Crippen LogP) is 6.32. The van der Waals surface area contributed by atoms with E-state index < -0.39 is 14.0 Å². The molecular formula is C19H31Cl2FN2OSi. The van der Waals surface area contributed by atoms with E-state index in [1.165, 1.54) is 0 Å². The van der Waals surface area contributed by atoms with Gasteiger partial charge in [-0.1, -0.05) is 56.8 Å². The third-order valence-corrected chi connectivity index (χ3v) is 11.1. The van der Waals surface area contributed by atoms with Crippen molar-refractivity contribution in [2.24, 2.45) is 0 Å². The number of nitrogens with zero attached hydrogens (tertiary/aromatic N) is 1. The molecule has 1 aromatic heterocycles. The van der Waals surface area contributed by atoms with Gasteiger partial charge >= 0.3 is 0 Å². The highest BCUT2D eigenvalue weighted by Gasteiger charge is 2.36. The van der Waals surface area contributed by atoms with E-state index in [0.29, 0.717) is 36.0 Å². The Bertz CT molecular complexity index is 552. The summed E-state index contributed by atoms with van der Waals surface area (Å²) in [7, 11) is -1.88. The smallest absolute Gasteiger partial charge is 0.192 e. The first kappa shape index (κ1) is 22.1. The van der Waals surface area contributed by atoms with Crippen LogP contribution in [0.5, 0.6) is 0 Å². The Kier molecular flexibility index (Phi) is 8.35. The van der Waals surface area contributed by atoms with Gasteiger partial charge in [-0.25, -0.2) is 4.39 Å². The van der Waals surface area contributed by atoms with Crippen molar-refractivity contribution < 1.29 is 8.82 Å². The van der Waals surface area contributed by atoms with Crippen LogP contribution in [-0.2, 0) is 4.43 Å². The highest BCUT2D eigenvalue weighted by Crippen LogP contribution is 2.37. The molecule has 0 amide bonds. The number of halogens is 3. The van der Waals surface area contributed by atoms with Crippen molar-refractivity contribution in [3.05, 3.63) is 28.0 Å². The average molecular weight is 421 g/mol. The van der Waals surface area contributed by atoms with Crippen LogP contribution in [0.3, 0.4) is 0 Å². The lowest BCUT2D eigenvalue weighted by Gasteiger charge is -2.34. The second kappa shape index (κ2) is 9.83. The van der Waals surface area contributed by atoms with Crippen molar-refractivity contribution in [2.45, 2.75) is 76.4 Å². The van der Waals surface area contributed by atoms with Crippen molar-refractivity contribution >= 4 is 31.5 Å². The molecule has 0 bridgehead atoms. The monoisotopic (exact) mass is 420 g/mol. The maximum absolute atomic E-state index is 14.7. The normalized spacial score (nSPS) is 18.2. The van der Waals surface area contributed by atoms with E-state index in [1.807, 2.05) is 0 Å². The van der Waals surface area contributed by atoms with Crippen molar-refractivity contribution in [3.8, 4) is 0 Å². The lowest BCUT2D eigenvalue weighted by atomic mass is 10.0. The van der Waals surface area contributed by atoms with Gasteiger partial charge in [-0.15, -0.1) is 0 Å². The van der Waals surface area contributed by atoms with Gasteiger partial charge in [0, 0.05) is 31.0 Å². The fourth-order valence-electron chi connectivity index (χ4n) is 3.85. The van der Waals surface area contributed by atoms with Crippen LogP contribution >= 0.6 is 23.2 Å². The van der Waals surface area contributed by atoms with Crippen LogP contribution in [0.4, 0.5) is 4.39 Å². The van der Waals surface area contributed by atoms with E-state index in [-0.39, 0.29) is 6.10 Å². The third kappa shape index (κ3) is 5.41. The molecule has 0 aromatic carbocycles. The van der Waals surface area contributed by atoms with Crippen LogP contribution in [0.1, 0.15) is 58.1 Å². The third-order valence-electron chi connectivity index (χ3n) is 5.81. The zero-order valence-corrected chi connectivity index (χ0v) is 18.6. The molecule has 1 saturated carbocycles. The van der Waals surface area contributed by atoms with E-state index in [0.717, 1.165) is 36.5 Å². The number of hydrogen-bond acceptors (Lipinski definition) is 3. The highest BCUT2D eigenvalue weighted by molar-refractivity contribution is 6.73. The van der Waals surface area contributed by atoms with E-state index in [2.05, 4.69) is 31.1 Å². The maximum Gasteiger partial charge on any atom is 0.192 e. The molecule has 0 saturated heterocycles. The minimum atomic E-state index is -1.88. The van der Waals surface area contributed by atoms with Gasteiger partial charge in [0.1, 0.15) is 5.67 Å². The molecule has 3 nitrogen and oxygen atoms in total. The largest absolute Gasteiger partial charge is 0.409 e. The lowest BCUT2D eigenvalue weighted by molar-refractivity contribution is 0.146. The Labute approximate surface area is 168 Å². The Balaban J connectivity index is 2.18. The van der Waals surface area contributed by atoms with Gasteiger partial charge in [-0.2, -0.15) is 0 Å². The molecule has 1 N–H and O–H groups in total. The van der Waals surface area contributed by atoms with Crippen molar-refractivity contribution in [1.29, 1.82) is 0 Å². The molecule has 0 spiro atoms. The Morgan fingerprint density at radius 3 is 2.19 bits per heavy atom.